The van der Waals surface area contributed by atoms with E-state index in [1.165, 1.54) is 0 Å². The van der Waals surface area contributed by atoms with Crippen molar-refractivity contribution in [2.75, 3.05) is 51.3 Å². The van der Waals surface area contributed by atoms with Gasteiger partial charge in [-0.1, -0.05) is 80.2 Å². The molecule has 5 heterocycles. The van der Waals surface area contributed by atoms with Gasteiger partial charge in [0.15, 0.2) is 5.17 Å². The van der Waals surface area contributed by atoms with Crippen molar-refractivity contribution in [2.24, 2.45) is 4.99 Å². The Morgan fingerprint density at radius 1 is 0.932 bits per heavy atom. The van der Waals surface area contributed by atoms with Crippen molar-refractivity contribution >= 4 is 75.2 Å². The molecule has 3 aliphatic heterocycles. The molecule has 5 amide bonds. The zero-order valence-electron chi connectivity index (χ0n) is 52.1. The van der Waals surface area contributed by atoms with Crippen LogP contribution in [0.4, 0.5) is 10.5 Å². The van der Waals surface area contributed by atoms with Crippen LogP contribution in [-0.2, 0) is 84.2 Å². The Kier molecular flexibility index (Phi) is 23.5. The summed E-state index contributed by atoms with van der Waals surface area (Å²) in [6, 6.07) is 15.6. The lowest BCUT2D eigenvalue weighted by molar-refractivity contribution is -0.175. The van der Waals surface area contributed by atoms with Crippen molar-refractivity contribution in [1.29, 1.82) is 0 Å². The molecule has 22 nitrogen and oxygen atoms in total. The van der Waals surface area contributed by atoms with Crippen molar-refractivity contribution in [3.8, 4) is 11.4 Å². The zero-order valence-corrected chi connectivity index (χ0v) is 52.9. The highest BCUT2D eigenvalue weighted by Gasteiger charge is 2.51. The van der Waals surface area contributed by atoms with Gasteiger partial charge in [-0.05, 0) is 122 Å². The molecule has 4 aromatic rings. The number of ether oxygens (including phenoxy) is 5. The molecule has 88 heavy (non-hydrogen) atoms. The highest BCUT2D eigenvalue weighted by atomic mass is 32.2. The molecule has 2 atom stereocenters. The van der Waals surface area contributed by atoms with Crippen LogP contribution in [-0.4, -0.2) is 130 Å². The number of allylic oxidation sites excluding steroid dienone is 2. The number of anilines is 1. The molecule has 0 bridgehead atoms. The summed E-state index contributed by atoms with van der Waals surface area (Å²) in [6.07, 6.45) is 12.3. The first-order valence-electron chi connectivity index (χ1n) is 29.8. The van der Waals surface area contributed by atoms with E-state index >= 15 is 0 Å². The summed E-state index contributed by atoms with van der Waals surface area (Å²) in [5.74, 6) is -2.65. The minimum absolute atomic E-state index is 0.0175. The highest BCUT2D eigenvalue weighted by molar-refractivity contribution is 8.14. The van der Waals surface area contributed by atoms with Crippen LogP contribution in [0, 0.1) is 0 Å². The second-order valence-electron chi connectivity index (χ2n) is 23.4. The van der Waals surface area contributed by atoms with Gasteiger partial charge in [0.25, 0.3) is 5.56 Å². The molecule has 0 saturated carbocycles. The molecule has 2 aromatic carbocycles. The van der Waals surface area contributed by atoms with Crippen LogP contribution >= 0.6 is 11.8 Å². The van der Waals surface area contributed by atoms with Gasteiger partial charge >= 0.3 is 12.1 Å². The Bertz CT molecular complexity index is 3430. The van der Waals surface area contributed by atoms with Gasteiger partial charge in [-0.2, -0.15) is 0 Å². The Balaban J connectivity index is 0.800. The molecule has 5 N–H and O–H groups in total. The minimum Gasteiger partial charge on any atom is -0.457 e. The molecule has 0 saturated heterocycles. The van der Waals surface area contributed by atoms with Crippen molar-refractivity contribution in [1.82, 2.24) is 35.7 Å². The predicted octanol–water partition coefficient (Wildman–Crippen LogP) is 7.78. The number of carbonyl (C=O) groups excluding carboxylic acids is 7. The second-order valence-corrected chi connectivity index (χ2v) is 24.8. The van der Waals surface area contributed by atoms with Gasteiger partial charge < -0.3 is 59.7 Å². The van der Waals surface area contributed by atoms with E-state index in [2.05, 4.69) is 63.7 Å². The first-order chi connectivity index (χ1) is 41.9. The monoisotopic (exact) mass is 1230 g/mol. The molecule has 0 radical (unpaired) electrons. The third-order valence-electron chi connectivity index (χ3n) is 14.9. The maximum Gasteiger partial charge on any atom is 0.510 e. The first kappa shape index (κ1) is 67.4. The Labute approximate surface area is 518 Å². The number of para-hydroxylation sites is 1. The summed E-state index contributed by atoms with van der Waals surface area (Å²) in [7, 11) is 0. The number of nitrogens with zero attached hydrogens (tertiary/aromatic N) is 4. The van der Waals surface area contributed by atoms with Gasteiger partial charge in [-0.15, -0.1) is 0 Å². The number of rotatable bonds is 29. The number of thioether (sulfide) groups is 1. The van der Waals surface area contributed by atoms with Crippen LogP contribution in [0.5, 0.6) is 0 Å². The number of hydrogen-bond acceptors (Lipinski definition) is 17. The number of unbranched alkanes of at least 4 members (excludes halogenated alkanes) is 1. The lowest BCUT2D eigenvalue weighted by atomic mass is 9.85. The van der Waals surface area contributed by atoms with Crippen LogP contribution in [0.2, 0.25) is 0 Å². The predicted molar refractivity (Wildman–Crippen MR) is 337 cm³/mol. The molecule has 3 aliphatic rings. The number of carbonyl (C=O) groups is 7. The molecular weight excluding hydrogens is 1150 g/mol. The van der Waals surface area contributed by atoms with Crippen LogP contribution < -0.4 is 32.1 Å². The normalized spacial score (nSPS) is 15.7. The number of benzene rings is 2. The summed E-state index contributed by atoms with van der Waals surface area (Å²) in [4.78, 5) is 116. The van der Waals surface area contributed by atoms with E-state index in [0.717, 1.165) is 40.1 Å². The van der Waals surface area contributed by atoms with E-state index in [-0.39, 0.29) is 68.3 Å². The Hall–Kier alpha value is -8.15. The number of amides is 5. The smallest absolute Gasteiger partial charge is 0.457 e. The maximum absolute atomic E-state index is 14.4. The zero-order chi connectivity index (χ0) is 63.8. The summed E-state index contributed by atoms with van der Waals surface area (Å²) >= 11 is 1.69. The summed E-state index contributed by atoms with van der Waals surface area (Å²) in [5, 5.41) is 16.4. The average molecular weight is 1230 g/mol. The van der Waals surface area contributed by atoms with E-state index in [0.29, 0.717) is 65.8 Å². The molecule has 0 aliphatic carbocycles. The third kappa shape index (κ3) is 18.2. The summed E-state index contributed by atoms with van der Waals surface area (Å²) < 4.78 is 29.9. The summed E-state index contributed by atoms with van der Waals surface area (Å²) in [6.45, 7) is 18.4. The number of pyridine rings is 2. The molecule has 1 unspecified atom stereocenters. The van der Waals surface area contributed by atoms with Crippen LogP contribution in [0.1, 0.15) is 129 Å². The lowest BCUT2D eigenvalue weighted by Crippen LogP contribution is -2.51. The fourth-order valence-electron chi connectivity index (χ4n) is 10.3. The minimum atomic E-state index is -2.01. The number of nitrogens with one attached hydrogen (secondary N) is 5. The molecular formula is C65H83N9O13S. The second kappa shape index (κ2) is 30.7. The topological polar surface area (TPSA) is 276 Å². The number of fused-ring (bicyclic) bond motifs is 5. The standard InChI is InChI=1S/C65H83N9O13S/c1-11-13-19-42(5)88-61-67-31-45(32-68-61)20-15-14-16-23-54(76)69-39-64(9,10)86-40-63(7,8)72-57(79)38-83-37-56(78)66-33-55(77)70-46-26-24-44(25-27-46)35-85-62(82)87-65(12-2)51-30-53-58-49(34-74(53)59(80)50(51)36-84-60(65)81)47(28-29-73(41(3)4)43(6)75)48-21-17-18-22-52(48)71-58/h13,15,17-22,24-27,30-31,41-42H,11-12,14,16,23,28-29,32-40H2,1-10H3,(H,66,78)(H,67,68)(H,69,76)(H,70,77)(H,72,79)/b19-13?,20-15-/t42?,65-/m0/s1. The fourth-order valence-corrected chi connectivity index (χ4v) is 11.1. The third-order valence-corrected chi connectivity index (χ3v) is 15.9. The number of hydrogen-bond donors (Lipinski definition) is 5. The molecule has 23 heteroatoms. The quantitative estimate of drug-likeness (QED) is 0.0174. The average Bonchev–Trinajstić information content (AvgIpc) is 1.46. The van der Waals surface area contributed by atoms with E-state index in [1.54, 1.807) is 79.3 Å². The number of esters is 1. The number of cyclic esters (lactones) is 1. The van der Waals surface area contributed by atoms with Crippen molar-refractivity contribution in [3.63, 3.8) is 0 Å². The number of aromatic nitrogens is 2. The van der Waals surface area contributed by atoms with Gasteiger partial charge in [0, 0.05) is 72.7 Å². The summed E-state index contributed by atoms with van der Waals surface area (Å²) in [5.41, 5.74) is 1.82. The first-order valence-corrected chi connectivity index (χ1v) is 30.7. The number of amidine groups is 1. The molecule has 2 aromatic heterocycles. The molecule has 472 valence electrons. The largest absolute Gasteiger partial charge is 0.510 e. The molecule has 0 spiro atoms. The Morgan fingerprint density at radius 3 is 2.39 bits per heavy atom. The lowest BCUT2D eigenvalue weighted by Gasteiger charge is -2.35. The van der Waals surface area contributed by atoms with E-state index in [4.69, 9.17) is 28.7 Å². The van der Waals surface area contributed by atoms with Crippen molar-refractivity contribution in [3.05, 3.63) is 129 Å². The van der Waals surface area contributed by atoms with Crippen LogP contribution in [0.3, 0.4) is 0 Å². The van der Waals surface area contributed by atoms with Gasteiger partial charge in [0.1, 0.15) is 26.4 Å². The van der Waals surface area contributed by atoms with Gasteiger partial charge in [-0.3, -0.25) is 28.8 Å². The van der Waals surface area contributed by atoms with Gasteiger partial charge in [0.05, 0.1) is 53.3 Å². The van der Waals surface area contributed by atoms with E-state index in [9.17, 15) is 38.4 Å². The maximum atomic E-state index is 14.4. The molecule has 7 rings (SSSR count). The van der Waals surface area contributed by atoms with Crippen LogP contribution in [0.25, 0.3) is 22.3 Å². The van der Waals surface area contributed by atoms with Crippen LogP contribution in [0.15, 0.2) is 100 Å². The van der Waals surface area contributed by atoms with E-state index in [1.807, 2.05) is 64.2 Å². The Morgan fingerprint density at radius 2 is 1.68 bits per heavy atom. The van der Waals surface area contributed by atoms with Crippen molar-refractivity contribution < 1.29 is 57.2 Å². The SMILES string of the molecule is CCC=CC(C)SC1=NC=C(/C=C\CCCC(=O)NCC(C)(C)OCC(C)(C)NC(=O)COCC(=O)NCC(=O)Nc2ccc(COC(=O)O[C@]3(CC)C(=O)OCc4c3cc3n(c4=O)Cc4c-3nc3ccccc3c4CCN(C(C)=O)C(C)C)cc2)CN1. The van der Waals surface area contributed by atoms with Gasteiger partial charge in [0.2, 0.25) is 35.1 Å². The highest BCUT2D eigenvalue weighted by Crippen LogP contribution is 2.42. The fraction of sp³-hybridized carbons (Fsp3) is 0.477. The van der Waals surface area contributed by atoms with Gasteiger partial charge in [-0.25, -0.2) is 19.6 Å². The molecule has 0 fully saturated rings. The number of aliphatic imine (C=N–C) groups is 1. The van der Waals surface area contributed by atoms with Crippen molar-refractivity contribution in [2.45, 2.75) is 156 Å². The van der Waals surface area contributed by atoms with E-state index < -0.39 is 71.9 Å².